The normalized spacial score (nSPS) is 11.2. The molecule has 0 heterocycles. The van der Waals surface area contributed by atoms with E-state index in [0.29, 0.717) is 5.69 Å². The molecule has 0 radical (unpaired) electrons. The second kappa shape index (κ2) is 5.89. The standard InChI is InChI=1S/C15H17NO2S/c1-2-19(17,18)16-15-10-8-14(9-11-15)12-13-6-4-3-5-7-13/h3-11,16H,2,12H2,1H3. The van der Waals surface area contributed by atoms with Crippen molar-refractivity contribution in [1.29, 1.82) is 0 Å². The average Bonchev–Trinajstić information content (AvgIpc) is 2.42. The molecule has 0 saturated heterocycles. The summed E-state index contributed by atoms with van der Waals surface area (Å²) in [4.78, 5) is 0. The Bertz CT molecular complexity index is 619. The van der Waals surface area contributed by atoms with Crippen LogP contribution < -0.4 is 4.72 Å². The summed E-state index contributed by atoms with van der Waals surface area (Å²) in [5.41, 5.74) is 3.01. The fourth-order valence-corrected chi connectivity index (χ4v) is 2.41. The number of hydrogen-bond acceptors (Lipinski definition) is 2. The molecule has 0 aliphatic rings. The molecular weight excluding hydrogens is 258 g/mol. The van der Waals surface area contributed by atoms with Crippen molar-refractivity contribution in [3.05, 3.63) is 65.7 Å². The van der Waals surface area contributed by atoms with Gasteiger partial charge in [-0.15, -0.1) is 0 Å². The van der Waals surface area contributed by atoms with Crippen LogP contribution in [-0.2, 0) is 16.4 Å². The molecule has 4 heteroatoms. The van der Waals surface area contributed by atoms with E-state index in [0.717, 1.165) is 12.0 Å². The van der Waals surface area contributed by atoms with Crippen molar-refractivity contribution in [2.75, 3.05) is 10.5 Å². The van der Waals surface area contributed by atoms with Gasteiger partial charge < -0.3 is 0 Å². The van der Waals surface area contributed by atoms with E-state index in [1.807, 2.05) is 30.3 Å². The molecule has 3 nitrogen and oxygen atoms in total. The molecule has 2 aromatic rings. The fraction of sp³-hybridized carbons (Fsp3) is 0.200. The molecule has 100 valence electrons. The highest BCUT2D eigenvalue weighted by Crippen LogP contribution is 2.14. The Balaban J connectivity index is 2.07. The van der Waals surface area contributed by atoms with Crippen molar-refractivity contribution >= 4 is 15.7 Å². The fourth-order valence-electron chi connectivity index (χ4n) is 1.77. The quantitative estimate of drug-likeness (QED) is 0.911. The number of rotatable bonds is 5. The van der Waals surface area contributed by atoms with E-state index in [1.54, 1.807) is 19.1 Å². The summed E-state index contributed by atoms with van der Waals surface area (Å²) >= 11 is 0. The summed E-state index contributed by atoms with van der Waals surface area (Å²) in [7, 11) is -3.19. The van der Waals surface area contributed by atoms with Crippen LogP contribution in [0, 0.1) is 0 Å². The zero-order valence-corrected chi connectivity index (χ0v) is 11.7. The van der Waals surface area contributed by atoms with Crippen LogP contribution >= 0.6 is 0 Å². The molecule has 0 aliphatic carbocycles. The molecule has 0 aromatic heterocycles. The largest absolute Gasteiger partial charge is 0.284 e. The second-order valence-corrected chi connectivity index (χ2v) is 6.38. The van der Waals surface area contributed by atoms with Gasteiger partial charge in [-0.3, -0.25) is 4.72 Å². The molecule has 1 N–H and O–H groups in total. The van der Waals surface area contributed by atoms with E-state index in [9.17, 15) is 8.42 Å². The van der Waals surface area contributed by atoms with Crippen molar-refractivity contribution in [3.8, 4) is 0 Å². The first kappa shape index (κ1) is 13.6. The molecule has 0 amide bonds. The summed E-state index contributed by atoms with van der Waals surface area (Å²) in [5.74, 6) is 0.0821. The van der Waals surface area contributed by atoms with Crippen LogP contribution in [0.2, 0.25) is 0 Å². The van der Waals surface area contributed by atoms with Gasteiger partial charge in [0.1, 0.15) is 0 Å². The average molecular weight is 275 g/mol. The van der Waals surface area contributed by atoms with E-state index >= 15 is 0 Å². The smallest absolute Gasteiger partial charge is 0.232 e. The molecule has 0 fully saturated rings. The maximum Gasteiger partial charge on any atom is 0.232 e. The monoisotopic (exact) mass is 275 g/mol. The summed E-state index contributed by atoms with van der Waals surface area (Å²) in [5, 5.41) is 0. The van der Waals surface area contributed by atoms with Crippen molar-refractivity contribution < 1.29 is 8.42 Å². The molecule has 0 unspecified atom stereocenters. The third-order valence-corrected chi connectivity index (χ3v) is 4.17. The molecule has 19 heavy (non-hydrogen) atoms. The third kappa shape index (κ3) is 4.10. The van der Waals surface area contributed by atoms with E-state index in [2.05, 4.69) is 16.9 Å². The van der Waals surface area contributed by atoms with Crippen LogP contribution in [0.3, 0.4) is 0 Å². The van der Waals surface area contributed by atoms with Crippen molar-refractivity contribution in [2.24, 2.45) is 0 Å². The van der Waals surface area contributed by atoms with Gasteiger partial charge in [-0.25, -0.2) is 8.42 Å². The van der Waals surface area contributed by atoms with Crippen LogP contribution in [0.5, 0.6) is 0 Å². The number of benzene rings is 2. The maximum atomic E-state index is 11.4. The first-order valence-electron chi connectivity index (χ1n) is 6.22. The van der Waals surface area contributed by atoms with E-state index in [4.69, 9.17) is 0 Å². The van der Waals surface area contributed by atoms with Gasteiger partial charge >= 0.3 is 0 Å². The van der Waals surface area contributed by atoms with Crippen molar-refractivity contribution in [2.45, 2.75) is 13.3 Å². The minimum atomic E-state index is -3.19. The van der Waals surface area contributed by atoms with Crippen LogP contribution in [0.15, 0.2) is 54.6 Å². The Kier molecular flexibility index (Phi) is 4.22. The first-order valence-corrected chi connectivity index (χ1v) is 7.87. The minimum Gasteiger partial charge on any atom is -0.284 e. The van der Waals surface area contributed by atoms with Crippen LogP contribution in [0.1, 0.15) is 18.1 Å². The van der Waals surface area contributed by atoms with Crippen LogP contribution in [-0.4, -0.2) is 14.2 Å². The molecular formula is C15H17NO2S. The summed E-state index contributed by atoms with van der Waals surface area (Å²) in [6.07, 6.45) is 0.849. The lowest BCUT2D eigenvalue weighted by molar-refractivity contribution is 0.602. The molecule has 0 saturated carbocycles. The van der Waals surface area contributed by atoms with Gasteiger partial charge in [0.2, 0.25) is 10.0 Å². The summed E-state index contributed by atoms with van der Waals surface area (Å²) < 4.78 is 25.4. The van der Waals surface area contributed by atoms with Crippen LogP contribution in [0.25, 0.3) is 0 Å². The molecule has 0 spiro atoms. The topological polar surface area (TPSA) is 46.2 Å². The Morgan fingerprint density at radius 3 is 2.05 bits per heavy atom. The maximum absolute atomic E-state index is 11.4. The zero-order valence-electron chi connectivity index (χ0n) is 10.8. The molecule has 2 rings (SSSR count). The highest BCUT2D eigenvalue weighted by molar-refractivity contribution is 7.92. The number of anilines is 1. The van der Waals surface area contributed by atoms with Crippen molar-refractivity contribution in [3.63, 3.8) is 0 Å². The Hall–Kier alpha value is -1.81. The lowest BCUT2D eigenvalue weighted by Crippen LogP contribution is -2.14. The van der Waals surface area contributed by atoms with Gasteiger partial charge in [-0.05, 0) is 36.6 Å². The summed E-state index contributed by atoms with van der Waals surface area (Å²) in [6.45, 7) is 1.62. The first-order chi connectivity index (χ1) is 9.09. The Morgan fingerprint density at radius 1 is 0.895 bits per heavy atom. The second-order valence-electron chi connectivity index (χ2n) is 4.36. The van der Waals surface area contributed by atoms with Gasteiger partial charge in [0, 0.05) is 5.69 Å². The van der Waals surface area contributed by atoms with Crippen LogP contribution in [0.4, 0.5) is 5.69 Å². The number of hydrogen-bond donors (Lipinski definition) is 1. The molecule has 2 aromatic carbocycles. The van der Waals surface area contributed by atoms with Gasteiger partial charge in [0.05, 0.1) is 5.75 Å². The van der Waals surface area contributed by atoms with E-state index in [1.165, 1.54) is 5.56 Å². The highest BCUT2D eigenvalue weighted by Gasteiger charge is 2.06. The van der Waals surface area contributed by atoms with Gasteiger partial charge in [-0.2, -0.15) is 0 Å². The minimum absolute atomic E-state index is 0.0821. The lowest BCUT2D eigenvalue weighted by Gasteiger charge is -2.07. The predicted octanol–water partition coefficient (Wildman–Crippen LogP) is 3.04. The Labute approximate surface area is 114 Å². The van der Waals surface area contributed by atoms with Crippen molar-refractivity contribution in [1.82, 2.24) is 0 Å². The highest BCUT2D eigenvalue weighted by atomic mass is 32.2. The molecule has 0 bridgehead atoms. The Morgan fingerprint density at radius 2 is 1.47 bits per heavy atom. The molecule has 0 aliphatic heterocycles. The van der Waals surface area contributed by atoms with Gasteiger partial charge in [0.25, 0.3) is 0 Å². The zero-order chi connectivity index (χ0) is 13.7. The van der Waals surface area contributed by atoms with E-state index < -0.39 is 10.0 Å². The van der Waals surface area contributed by atoms with E-state index in [-0.39, 0.29) is 5.75 Å². The third-order valence-electron chi connectivity index (χ3n) is 2.86. The summed E-state index contributed by atoms with van der Waals surface area (Å²) in [6, 6.07) is 17.7. The predicted molar refractivity (Wildman–Crippen MR) is 78.8 cm³/mol. The lowest BCUT2D eigenvalue weighted by atomic mass is 10.1. The van der Waals surface area contributed by atoms with Gasteiger partial charge in [0.15, 0.2) is 0 Å². The SMILES string of the molecule is CCS(=O)(=O)Nc1ccc(Cc2ccccc2)cc1. The van der Waals surface area contributed by atoms with Gasteiger partial charge in [-0.1, -0.05) is 42.5 Å². The molecule has 0 atom stereocenters. The number of sulfonamides is 1. The number of nitrogens with one attached hydrogen (secondary N) is 1.